The maximum Gasteiger partial charge on any atom is 0.282 e. The first-order valence-electron chi connectivity index (χ1n) is 8.30. The van der Waals surface area contributed by atoms with Crippen molar-refractivity contribution in [3.05, 3.63) is 29.3 Å². The van der Waals surface area contributed by atoms with Crippen LogP contribution in [0, 0.1) is 13.8 Å². The Hall–Kier alpha value is -1.35. The van der Waals surface area contributed by atoms with Gasteiger partial charge in [0.05, 0.1) is 13.1 Å². The molecule has 1 saturated heterocycles. The van der Waals surface area contributed by atoms with E-state index in [9.17, 15) is 4.79 Å². The lowest BCUT2D eigenvalue weighted by Crippen LogP contribution is -3.16. The molecule has 0 saturated carbocycles. The molecule has 1 amide bonds. The number of hydrogen-bond acceptors (Lipinski definition) is 1. The van der Waals surface area contributed by atoms with E-state index in [1.165, 1.54) is 42.6 Å². The topological polar surface area (TPSA) is 33.5 Å². The molecule has 2 N–H and O–H groups in total. The third kappa shape index (κ3) is 4.57. The second-order valence-electron chi connectivity index (χ2n) is 6.46. The van der Waals surface area contributed by atoms with Crippen LogP contribution in [0.5, 0.6) is 0 Å². The second-order valence-corrected chi connectivity index (χ2v) is 6.46. The van der Waals surface area contributed by atoms with Crippen LogP contribution in [0.2, 0.25) is 0 Å². The van der Waals surface area contributed by atoms with Crippen LogP contribution in [0.15, 0.2) is 18.2 Å². The molecule has 0 unspecified atom stereocenters. The highest BCUT2D eigenvalue weighted by molar-refractivity contribution is 5.94. The summed E-state index contributed by atoms with van der Waals surface area (Å²) in [5, 5.41) is 3.11. The Morgan fingerprint density at radius 1 is 1.10 bits per heavy atom. The average Bonchev–Trinajstić information content (AvgIpc) is 2.41. The zero-order chi connectivity index (χ0) is 15.2. The molecule has 1 atom stereocenters. The molecule has 0 radical (unpaired) electrons. The first-order chi connectivity index (χ1) is 10.1. The molecule has 0 bridgehead atoms. The van der Waals surface area contributed by atoms with E-state index in [-0.39, 0.29) is 11.9 Å². The lowest BCUT2D eigenvalue weighted by Gasteiger charge is -2.27. The van der Waals surface area contributed by atoms with E-state index in [0.717, 1.165) is 24.3 Å². The van der Waals surface area contributed by atoms with Crippen LogP contribution in [-0.2, 0) is 4.79 Å². The van der Waals surface area contributed by atoms with E-state index >= 15 is 0 Å². The van der Waals surface area contributed by atoms with Gasteiger partial charge in [0.2, 0.25) is 0 Å². The Bertz CT molecular complexity index is 476. The minimum absolute atomic E-state index is 0.0313. The summed E-state index contributed by atoms with van der Waals surface area (Å²) < 4.78 is 0. The van der Waals surface area contributed by atoms with Gasteiger partial charge in [0.15, 0.2) is 6.04 Å². The van der Waals surface area contributed by atoms with Gasteiger partial charge < -0.3 is 10.2 Å². The molecule has 1 aliphatic rings. The van der Waals surface area contributed by atoms with Gasteiger partial charge in [0.25, 0.3) is 5.91 Å². The molecule has 21 heavy (non-hydrogen) atoms. The molecule has 1 fully saturated rings. The van der Waals surface area contributed by atoms with Gasteiger partial charge in [-0.15, -0.1) is 0 Å². The van der Waals surface area contributed by atoms with Crippen molar-refractivity contribution >= 4 is 11.6 Å². The predicted molar refractivity (Wildman–Crippen MR) is 87.8 cm³/mol. The molecule has 0 aromatic heterocycles. The summed E-state index contributed by atoms with van der Waals surface area (Å²) in [4.78, 5) is 14.0. The number of rotatable bonds is 3. The van der Waals surface area contributed by atoms with Gasteiger partial charge in [-0.2, -0.15) is 0 Å². The Morgan fingerprint density at radius 2 is 1.71 bits per heavy atom. The molecular formula is C18H29N2O+. The predicted octanol–water partition coefficient (Wildman–Crippen LogP) is 2.48. The highest BCUT2D eigenvalue weighted by Crippen LogP contribution is 2.16. The minimum atomic E-state index is 0.0313. The smallest absolute Gasteiger partial charge is 0.282 e. The molecule has 1 heterocycles. The molecule has 3 nitrogen and oxygen atoms in total. The zero-order valence-electron chi connectivity index (χ0n) is 13.7. The Morgan fingerprint density at radius 3 is 2.33 bits per heavy atom. The molecular weight excluding hydrogens is 260 g/mol. The van der Waals surface area contributed by atoms with Gasteiger partial charge in [0, 0.05) is 5.69 Å². The average molecular weight is 289 g/mol. The van der Waals surface area contributed by atoms with E-state index in [1.807, 2.05) is 6.07 Å². The van der Waals surface area contributed by atoms with Crippen molar-refractivity contribution in [3.8, 4) is 0 Å². The maximum atomic E-state index is 12.5. The Kier molecular flexibility index (Phi) is 5.80. The lowest BCUT2D eigenvalue weighted by atomic mass is 10.1. The van der Waals surface area contributed by atoms with E-state index in [1.54, 1.807) is 0 Å². The molecule has 116 valence electrons. The van der Waals surface area contributed by atoms with E-state index in [0.29, 0.717) is 0 Å². The summed E-state index contributed by atoms with van der Waals surface area (Å²) in [5.74, 6) is 0.150. The zero-order valence-corrected chi connectivity index (χ0v) is 13.7. The van der Waals surface area contributed by atoms with Gasteiger partial charge in [-0.25, -0.2) is 0 Å². The number of amides is 1. The van der Waals surface area contributed by atoms with Crippen LogP contribution in [0.3, 0.4) is 0 Å². The third-order valence-electron chi connectivity index (χ3n) is 4.64. The number of benzene rings is 1. The largest absolute Gasteiger partial charge is 0.325 e. The van der Waals surface area contributed by atoms with Crippen molar-refractivity contribution in [1.29, 1.82) is 0 Å². The van der Waals surface area contributed by atoms with Crippen molar-refractivity contribution in [3.63, 3.8) is 0 Å². The van der Waals surface area contributed by atoms with Crippen molar-refractivity contribution in [1.82, 2.24) is 0 Å². The Balaban J connectivity index is 1.97. The molecule has 0 aliphatic carbocycles. The number of likely N-dealkylation sites (tertiary alicyclic amines) is 1. The highest BCUT2D eigenvalue weighted by Gasteiger charge is 2.25. The van der Waals surface area contributed by atoms with Crippen LogP contribution in [-0.4, -0.2) is 25.0 Å². The molecule has 2 rings (SSSR count). The fourth-order valence-corrected chi connectivity index (χ4v) is 3.17. The SMILES string of the molecule is Cc1ccc(NC(=O)[C@H](C)[NH+]2CCCCCCC2)c(C)c1. The first kappa shape index (κ1) is 16.0. The van der Waals surface area contributed by atoms with Crippen molar-refractivity contribution in [2.24, 2.45) is 0 Å². The van der Waals surface area contributed by atoms with Crippen molar-refractivity contribution < 1.29 is 9.69 Å². The van der Waals surface area contributed by atoms with Gasteiger partial charge in [-0.3, -0.25) is 4.79 Å². The molecule has 1 aromatic rings. The number of carbonyl (C=O) groups excluding carboxylic acids is 1. The fourth-order valence-electron chi connectivity index (χ4n) is 3.17. The van der Waals surface area contributed by atoms with Gasteiger partial charge in [-0.05, 0) is 58.1 Å². The van der Waals surface area contributed by atoms with Crippen LogP contribution >= 0.6 is 0 Å². The second kappa shape index (κ2) is 7.60. The van der Waals surface area contributed by atoms with Gasteiger partial charge >= 0.3 is 0 Å². The summed E-state index contributed by atoms with van der Waals surface area (Å²) in [6.45, 7) is 8.44. The number of anilines is 1. The number of carbonyl (C=O) groups is 1. The number of hydrogen-bond donors (Lipinski definition) is 2. The van der Waals surface area contributed by atoms with Crippen LogP contribution in [0.1, 0.15) is 50.2 Å². The monoisotopic (exact) mass is 289 g/mol. The molecule has 1 aliphatic heterocycles. The van der Waals surface area contributed by atoms with E-state index in [4.69, 9.17) is 0 Å². The summed E-state index contributed by atoms with van der Waals surface area (Å²) >= 11 is 0. The highest BCUT2D eigenvalue weighted by atomic mass is 16.2. The number of nitrogens with one attached hydrogen (secondary N) is 2. The van der Waals surface area contributed by atoms with Crippen molar-refractivity contribution in [2.75, 3.05) is 18.4 Å². The molecule has 1 aromatic carbocycles. The fraction of sp³-hybridized carbons (Fsp3) is 0.611. The summed E-state index contributed by atoms with van der Waals surface area (Å²) in [7, 11) is 0. The van der Waals surface area contributed by atoms with Crippen molar-refractivity contribution in [2.45, 2.75) is 58.9 Å². The summed E-state index contributed by atoms with van der Waals surface area (Å²) in [6, 6.07) is 6.21. The summed E-state index contributed by atoms with van der Waals surface area (Å²) in [6.07, 6.45) is 6.48. The minimum Gasteiger partial charge on any atom is -0.325 e. The Labute approximate surface area is 128 Å². The summed E-state index contributed by atoms with van der Waals surface area (Å²) in [5.41, 5.74) is 3.31. The van der Waals surface area contributed by atoms with E-state index in [2.05, 4.69) is 38.2 Å². The van der Waals surface area contributed by atoms with Gasteiger partial charge in [-0.1, -0.05) is 24.1 Å². The normalized spacial score (nSPS) is 18.6. The van der Waals surface area contributed by atoms with Crippen LogP contribution < -0.4 is 10.2 Å². The van der Waals surface area contributed by atoms with Crippen LogP contribution in [0.25, 0.3) is 0 Å². The van der Waals surface area contributed by atoms with Gasteiger partial charge in [0.1, 0.15) is 0 Å². The molecule has 3 heteroatoms. The quantitative estimate of drug-likeness (QED) is 0.880. The van der Waals surface area contributed by atoms with E-state index < -0.39 is 0 Å². The lowest BCUT2D eigenvalue weighted by molar-refractivity contribution is -0.914. The number of aryl methyl sites for hydroxylation is 2. The molecule has 0 spiro atoms. The van der Waals surface area contributed by atoms with Crippen LogP contribution in [0.4, 0.5) is 5.69 Å². The first-order valence-corrected chi connectivity index (χ1v) is 8.30. The number of quaternary nitrogens is 1. The third-order valence-corrected chi connectivity index (χ3v) is 4.64. The standard InChI is InChI=1S/C18H28N2O/c1-14-9-10-17(15(2)13-14)19-18(21)16(3)20-11-7-5-4-6-8-12-20/h9-10,13,16H,4-8,11-12H2,1-3H3,(H,19,21)/p+1/t16-/m0/s1. The maximum absolute atomic E-state index is 12.5.